The monoisotopic (exact) mass is 369 g/mol. The summed E-state index contributed by atoms with van der Waals surface area (Å²) in [6.45, 7) is 0.406. The van der Waals surface area contributed by atoms with Gasteiger partial charge in [-0.1, -0.05) is 12.1 Å². The van der Waals surface area contributed by atoms with Crippen LogP contribution in [-0.2, 0) is 17.6 Å². The van der Waals surface area contributed by atoms with Crippen LogP contribution in [0.2, 0.25) is 0 Å². The highest BCUT2D eigenvalue weighted by molar-refractivity contribution is 5.77. The molecule has 7 heteroatoms. The predicted molar refractivity (Wildman–Crippen MR) is 98.5 cm³/mol. The van der Waals surface area contributed by atoms with Crippen LogP contribution < -0.4 is 14.8 Å². The average molecular weight is 369 g/mol. The van der Waals surface area contributed by atoms with E-state index in [0.717, 1.165) is 11.3 Å². The number of hydrogen-bond acceptors (Lipinski definition) is 4. The summed E-state index contributed by atoms with van der Waals surface area (Å²) < 4.78 is 24.3. The van der Waals surface area contributed by atoms with Crippen molar-refractivity contribution in [3.8, 4) is 11.5 Å². The van der Waals surface area contributed by atoms with Gasteiger partial charge in [-0.25, -0.2) is 9.37 Å². The zero-order chi connectivity index (χ0) is 18.8. The van der Waals surface area contributed by atoms with E-state index in [0.29, 0.717) is 48.5 Å². The minimum absolute atomic E-state index is 0.0680. The molecular weight excluding hydrogens is 349 g/mol. The summed E-state index contributed by atoms with van der Waals surface area (Å²) in [5.41, 5.74) is 2.35. The molecule has 1 amide bonds. The summed E-state index contributed by atoms with van der Waals surface area (Å²) in [6.07, 6.45) is 1.45. The number of amides is 1. The van der Waals surface area contributed by atoms with E-state index in [9.17, 15) is 9.18 Å². The maximum atomic E-state index is 13.2. The summed E-state index contributed by atoms with van der Waals surface area (Å²) in [6, 6.07) is 10.1. The number of methoxy groups -OCH3 is 1. The zero-order valence-corrected chi connectivity index (χ0v) is 14.9. The van der Waals surface area contributed by atoms with Gasteiger partial charge in [-0.05, 0) is 30.7 Å². The summed E-state index contributed by atoms with van der Waals surface area (Å²) in [5.74, 6) is 1.74. The molecule has 0 radical (unpaired) electrons. The molecule has 1 aliphatic heterocycles. The van der Waals surface area contributed by atoms with Crippen molar-refractivity contribution < 1.29 is 18.7 Å². The number of ether oxygens (including phenoxy) is 2. The molecule has 140 valence electrons. The number of carbonyl (C=O) groups is 1. The second-order valence-corrected chi connectivity index (χ2v) is 6.57. The average Bonchev–Trinajstić information content (AvgIpc) is 3.07. The molecule has 2 aromatic carbocycles. The van der Waals surface area contributed by atoms with Gasteiger partial charge in [0.15, 0.2) is 11.5 Å². The van der Waals surface area contributed by atoms with Crippen molar-refractivity contribution >= 4 is 16.9 Å². The van der Waals surface area contributed by atoms with E-state index in [2.05, 4.69) is 15.3 Å². The van der Waals surface area contributed by atoms with Crippen molar-refractivity contribution in [2.45, 2.75) is 25.3 Å². The molecule has 0 saturated heterocycles. The molecule has 1 atom stereocenters. The van der Waals surface area contributed by atoms with E-state index in [-0.39, 0.29) is 17.8 Å². The fourth-order valence-electron chi connectivity index (χ4n) is 3.33. The lowest BCUT2D eigenvalue weighted by molar-refractivity contribution is -0.122. The Bertz CT molecular complexity index is 986. The van der Waals surface area contributed by atoms with E-state index in [1.54, 1.807) is 13.2 Å². The number of aryl methyl sites for hydroxylation is 1. The van der Waals surface area contributed by atoms with E-state index in [1.165, 1.54) is 12.1 Å². The lowest BCUT2D eigenvalue weighted by atomic mass is 10.0. The number of nitrogens with one attached hydrogen (secondary N) is 2. The van der Waals surface area contributed by atoms with Gasteiger partial charge < -0.3 is 19.8 Å². The van der Waals surface area contributed by atoms with Gasteiger partial charge in [0.1, 0.15) is 18.2 Å². The molecule has 2 N–H and O–H groups in total. The number of imidazole rings is 1. The molecule has 1 aliphatic rings. The van der Waals surface area contributed by atoms with E-state index >= 15 is 0 Å². The molecular formula is C20H20FN3O3. The molecule has 1 unspecified atom stereocenters. The molecule has 0 aliphatic carbocycles. The number of rotatable bonds is 5. The minimum atomic E-state index is -0.315. The van der Waals surface area contributed by atoms with Crippen LogP contribution in [0.25, 0.3) is 11.0 Å². The normalized spacial score (nSPS) is 15.9. The van der Waals surface area contributed by atoms with Crippen LogP contribution in [0.4, 0.5) is 4.39 Å². The number of carbonyl (C=O) groups excluding carboxylic acids is 1. The van der Waals surface area contributed by atoms with Gasteiger partial charge in [-0.15, -0.1) is 0 Å². The summed E-state index contributed by atoms with van der Waals surface area (Å²) in [7, 11) is 1.61. The number of hydrogen-bond donors (Lipinski definition) is 2. The SMILES string of the molecule is COc1cccc2c1OCC(NC(=O)CCc1nc3ccc(F)cc3[nH]1)C2. The van der Waals surface area contributed by atoms with Crippen molar-refractivity contribution in [1.29, 1.82) is 0 Å². The lowest BCUT2D eigenvalue weighted by Gasteiger charge is -2.27. The maximum Gasteiger partial charge on any atom is 0.220 e. The number of para-hydroxylation sites is 1. The Hall–Kier alpha value is -3.09. The van der Waals surface area contributed by atoms with Crippen LogP contribution in [0.15, 0.2) is 36.4 Å². The standard InChI is InChI=1S/C20H20FN3O3/c1-26-17-4-2-3-12-9-14(11-27-20(12)17)22-19(25)8-7-18-23-15-6-5-13(21)10-16(15)24-18/h2-6,10,14H,7-9,11H2,1H3,(H,22,25)(H,23,24). The lowest BCUT2D eigenvalue weighted by Crippen LogP contribution is -2.42. The van der Waals surface area contributed by atoms with Gasteiger partial charge in [-0.3, -0.25) is 4.79 Å². The molecule has 0 bridgehead atoms. The predicted octanol–water partition coefficient (Wildman–Crippen LogP) is 2.76. The fraction of sp³-hybridized carbons (Fsp3) is 0.300. The van der Waals surface area contributed by atoms with Crippen LogP contribution in [-0.4, -0.2) is 35.6 Å². The number of halogens is 1. The molecule has 2 heterocycles. The quantitative estimate of drug-likeness (QED) is 0.725. The van der Waals surface area contributed by atoms with Crippen LogP contribution in [0.5, 0.6) is 11.5 Å². The molecule has 27 heavy (non-hydrogen) atoms. The molecule has 6 nitrogen and oxygen atoms in total. The van der Waals surface area contributed by atoms with Gasteiger partial charge in [0.25, 0.3) is 0 Å². The Morgan fingerprint density at radius 1 is 1.41 bits per heavy atom. The molecule has 3 aromatic rings. The third-order valence-electron chi connectivity index (χ3n) is 4.62. The van der Waals surface area contributed by atoms with Gasteiger partial charge in [0.05, 0.1) is 24.2 Å². The highest BCUT2D eigenvalue weighted by Crippen LogP contribution is 2.34. The van der Waals surface area contributed by atoms with E-state index < -0.39 is 0 Å². The molecule has 0 spiro atoms. The smallest absolute Gasteiger partial charge is 0.220 e. The minimum Gasteiger partial charge on any atom is -0.493 e. The topological polar surface area (TPSA) is 76.2 Å². The Balaban J connectivity index is 1.34. The van der Waals surface area contributed by atoms with E-state index in [1.807, 2.05) is 18.2 Å². The largest absolute Gasteiger partial charge is 0.493 e. The van der Waals surface area contributed by atoms with E-state index in [4.69, 9.17) is 9.47 Å². The van der Waals surface area contributed by atoms with Crippen LogP contribution in [0, 0.1) is 5.82 Å². The van der Waals surface area contributed by atoms with Crippen LogP contribution >= 0.6 is 0 Å². The maximum absolute atomic E-state index is 13.2. The van der Waals surface area contributed by atoms with Gasteiger partial charge in [-0.2, -0.15) is 0 Å². The number of fused-ring (bicyclic) bond motifs is 2. The fourth-order valence-corrected chi connectivity index (χ4v) is 3.33. The summed E-state index contributed by atoms with van der Waals surface area (Å²) >= 11 is 0. The van der Waals surface area contributed by atoms with Crippen molar-refractivity contribution in [3.05, 3.63) is 53.6 Å². The summed E-state index contributed by atoms with van der Waals surface area (Å²) in [5, 5.41) is 3.00. The van der Waals surface area contributed by atoms with Crippen LogP contribution in [0.3, 0.4) is 0 Å². The first-order chi connectivity index (χ1) is 13.1. The number of aromatic nitrogens is 2. The molecule has 0 fully saturated rings. The Kier molecular flexibility index (Phi) is 4.66. The summed E-state index contributed by atoms with van der Waals surface area (Å²) in [4.78, 5) is 19.7. The van der Waals surface area contributed by atoms with Gasteiger partial charge >= 0.3 is 0 Å². The number of benzene rings is 2. The van der Waals surface area contributed by atoms with Crippen molar-refractivity contribution in [2.75, 3.05) is 13.7 Å². The molecule has 0 saturated carbocycles. The molecule has 1 aromatic heterocycles. The van der Waals surface area contributed by atoms with Crippen molar-refractivity contribution in [3.63, 3.8) is 0 Å². The Labute approximate surface area is 155 Å². The Morgan fingerprint density at radius 3 is 3.15 bits per heavy atom. The van der Waals surface area contributed by atoms with Gasteiger partial charge in [0.2, 0.25) is 5.91 Å². The second-order valence-electron chi connectivity index (χ2n) is 6.57. The van der Waals surface area contributed by atoms with Gasteiger partial charge in [0, 0.05) is 18.4 Å². The first-order valence-corrected chi connectivity index (χ1v) is 8.84. The number of aromatic amines is 1. The van der Waals surface area contributed by atoms with Crippen molar-refractivity contribution in [1.82, 2.24) is 15.3 Å². The first-order valence-electron chi connectivity index (χ1n) is 8.84. The highest BCUT2D eigenvalue weighted by atomic mass is 19.1. The van der Waals surface area contributed by atoms with Crippen molar-refractivity contribution in [2.24, 2.45) is 0 Å². The molecule has 4 rings (SSSR count). The third kappa shape index (κ3) is 3.72. The highest BCUT2D eigenvalue weighted by Gasteiger charge is 2.23. The second kappa shape index (κ2) is 7.26. The third-order valence-corrected chi connectivity index (χ3v) is 4.62. The number of nitrogens with zero attached hydrogens (tertiary/aromatic N) is 1. The zero-order valence-electron chi connectivity index (χ0n) is 14.9. The van der Waals surface area contributed by atoms with Crippen LogP contribution in [0.1, 0.15) is 17.8 Å². The number of H-pyrrole nitrogens is 1. The Morgan fingerprint density at radius 2 is 2.30 bits per heavy atom. The first kappa shape index (κ1) is 17.3.